The number of phenolic OH excluding ortho intramolecular Hbond substituents is 1. The van der Waals surface area contributed by atoms with E-state index >= 15 is 0 Å². The van der Waals surface area contributed by atoms with Gasteiger partial charge in [0.1, 0.15) is 5.75 Å². The summed E-state index contributed by atoms with van der Waals surface area (Å²) in [5.41, 5.74) is 4.58. The van der Waals surface area contributed by atoms with Crippen molar-refractivity contribution in [3.8, 4) is 11.6 Å². The number of phenols is 1. The van der Waals surface area contributed by atoms with E-state index in [4.69, 9.17) is 4.74 Å². The van der Waals surface area contributed by atoms with Gasteiger partial charge in [-0.1, -0.05) is 30.8 Å². The van der Waals surface area contributed by atoms with E-state index in [1.807, 2.05) is 20.1 Å². The average molecular weight is 360 g/mol. The third kappa shape index (κ3) is 5.18. The summed E-state index contributed by atoms with van der Waals surface area (Å²) in [7, 11) is 0. The van der Waals surface area contributed by atoms with Gasteiger partial charge in [0, 0.05) is 16.8 Å². The fourth-order valence-corrected chi connectivity index (χ4v) is 2.50. The molecule has 0 spiro atoms. The molecule has 0 radical (unpaired) electrons. The SMILES string of the molecule is CCc1c(C)nc(SC)nc1OCC(=O)NN=Cc1ccccc1O. The molecule has 1 amide bonds. The van der Waals surface area contributed by atoms with E-state index in [2.05, 4.69) is 20.5 Å². The molecule has 1 aromatic carbocycles. The lowest BCUT2D eigenvalue weighted by molar-refractivity contribution is -0.123. The Labute approximate surface area is 150 Å². The summed E-state index contributed by atoms with van der Waals surface area (Å²) in [6.45, 7) is 3.66. The van der Waals surface area contributed by atoms with Crippen molar-refractivity contribution in [1.82, 2.24) is 15.4 Å². The molecule has 0 saturated heterocycles. The number of hydrogen-bond acceptors (Lipinski definition) is 7. The second-order valence-electron chi connectivity index (χ2n) is 5.07. The molecule has 8 heteroatoms. The molecule has 0 aliphatic carbocycles. The third-order valence-electron chi connectivity index (χ3n) is 3.36. The van der Waals surface area contributed by atoms with Crippen molar-refractivity contribution in [2.75, 3.05) is 12.9 Å². The number of aromatic hydroxyl groups is 1. The number of rotatable bonds is 7. The molecule has 0 unspecified atom stereocenters. The minimum absolute atomic E-state index is 0.0883. The Balaban J connectivity index is 1.96. The molecule has 0 fully saturated rings. The fourth-order valence-electron chi connectivity index (χ4n) is 2.10. The first-order valence-electron chi connectivity index (χ1n) is 7.69. The number of benzene rings is 1. The van der Waals surface area contributed by atoms with E-state index in [0.29, 0.717) is 23.0 Å². The zero-order valence-electron chi connectivity index (χ0n) is 14.3. The lowest BCUT2D eigenvalue weighted by atomic mass is 10.2. The van der Waals surface area contributed by atoms with Gasteiger partial charge in [0.2, 0.25) is 5.88 Å². The zero-order valence-corrected chi connectivity index (χ0v) is 15.1. The Morgan fingerprint density at radius 3 is 2.84 bits per heavy atom. The van der Waals surface area contributed by atoms with E-state index < -0.39 is 5.91 Å². The number of carbonyl (C=O) groups is 1. The molecule has 1 heterocycles. The summed E-state index contributed by atoms with van der Waals surface area (Å²) in [5.74, 6) is 0.0836. The number of ether oxygens (including phenoxy) is 1. The standard InChI is InChI=1S/C17H20N4O3S/c1-4-13-11(2)19-17(25-3)20-16(13)24-10-15(23)21-18-9-12-7-5-6-8-14(12)22/h5-9,22H,4,10H2,1-3H3,(H,21,23). The van der Waals surface area contributed by atoms with Gasteiger partial charge in [-0.05, 0) is 31.7 Å². The quantitative estimate of drug-likeness (QED) is 0.340. The maximum Gasteiger partial charge on any atom is 0.278 e. The number of hydrogen-bond donors (Lipinski definition) is 2. The van der Waals surface area contributed by atoms with E-state index in [9.17, 15) is 9.90 Å². The molecule has 1 aromatic heterocycles. The highest BCUT2D eigenvalue weighted by atomic mass is 32.2. The first kappa shape index (κ1) is 18.7. The number of aromatic nitrogens is 2. The molecule has 2 rings (SSSR count). The second-order valence-corrected chi connectivity index (χ2v) is 5.85. The second kappa shape index (κ2) is 9.03. The lowest BCUT2D eigenvalue weighted by Gasteiger charge is -2.11. The first-order valence-corrected chi connectivity index (χ1v) is 8.91. The summed E-state index contributed by atoms with van der Waals surface area (Å²) in [5, 5.41) is 14.0. The Kier molecular flexibility index (Phi) is 6.76. The summed E-state index contributed by atoms with van der Waals surface area (Å²) in [4.78, 5) is 20.5. The number of nitrogens with zero attached hydrogens (tertiary/aromatic N) is 3. The van der Waals surface area contributed by atoms with E-state index in [1.165, 1.54) is 18.0 Å². The highest BCUT2D eigenvalue weighted by Gasteiger charge is 2.12. The van der Waals surface area contributed by atoms with Crippen LogP contribution in [0, 0.1) is 6.92 Å². The number of para-hydroxylation sites is 1. The highest BCUT2D eigenvalue weighted by molar-refractivity contribution is 7.98. The van der Waals surface area contributed by atoms with Crippen LogP contribution in [0.15, 0.2) is 34.5 Å². The first-order chi connectivity index (χ1) is 12.0. The van der Waals surface area contributed by atoms with Crippen LogP contribution >= 0.6 is 11.8 Å². The number of amides is 1. The van der Waals surface area contributed by atoms with Crippen LogP contribution in [0.1, 0.15) is 23.7 Å². The van der Waals surface area contributed by atoms with E-state index in [1.54, 1.807) is 24.3 Å². The molecule has 7 nitrogen and oxygen atoms in total. The van der Waals surface area contributed by atoms with Crippen LogP contribution in [0.4, 0.5) is 0 Å². The van der Waals surface area contributed by atoms with Crippen LogP contribution in [0.5, 0.6) is 11.6 Å². The van der Waals surface area contributed by atoms with Crippen LogP contribution < -0.4 is 10.2 Å². The zero-order chi connectivity index (χ0) is 18.2. The highest BCUT2D eigenvalue weighted by Crippen LogP contribution is 2.22. The molecule has 0 saturated carbocycles. The van der Waals surface area contributed by atoms with Crippen LogP contribution in [0.3, 0.4) is 0 Å². The summed E-state index contributed by atoms with van der Waals surface area (Å²) < 4.78 is 5.54. The molecule has 0 atom stereocenters. The van der Waals surface area contributed by atoms with Crippen LogP contribution in [0.2, 0.25) is 0 Å². The molecule has 0 aliphatic rings. The number of aryl methyl sites for hydroxylation is 1. The number of nitrogens with one attached hydrogen (secondary N) is 1. The fraction of sp³-hybridized carbons (Fsp3) is 0.294. The van der Waals surface area contributed by atoms with Gasteiger partial charge in [-0.15, -0.1) is 0 Å². The Hall–Kier alpha value is -2.61. The summed E-state index contributed by atoms with van der Waals surface area (Å²) in [6, 6.07) is 6.69. The van der Waals surface area contributed by atoms with Gasteiger partial charge < -0.3 is 9.84 Å². The van der Waals surface area contributed by atoms with Gasteiger partial charge in [0.15, 0.2) is 11.8 Å². The van der Waals surface area contributed by atoms with Gasteiger partial charge in [-0.25, -0.2) is 10.4 Å². The number of hydrazone groups is 1. The van der Waals surface area contributed by atoms with Gasteiger partial charge >= 0.3 is 0 Å². The summed E-state index contributed by atoms with van der Waals surface area (Å²) in [6.07, 6.45) is 3.96. The maximum atomic E-state index is 11.9. The topological polar surface area (TPSA) is 96.7 Å². The molecule has 132 valence electrons. The third-order valence-corrected chi connectivity index (χ3v) is 3.91. The number of thioether (sulfide) groups is 1. The van der Waals surface area contributed by atoms with Crippen molar-refractivity contribution < 1.29 is 14.6 Å². The lowest BCUT2D eigenvalue weighted by Crippen LogP contribution is -2.25. The molecule has 0 aliphatic heterocycles. The molecule has 0 bridgehead atoms. The predicted molar refractivity (Wildman–Crippen MR) is 97.3 cm³/mol. The minimum Gasteiger partial charge on any atom is -0.507 e. The van der Waals surface area contributed by atoms with Crippen molar-refractivity contribution in [2.45, 2.75) is 25.4 Å². The largest absolute Gasteiger partial charge is 0.507 e. The Bertz CT molecular complexity index is 780. The van der Waals surface area contributed by atoms with Gasteiger partial charge in [-0.3, -0.25) is 4.79 Å². The van der Waals surface area contributed by atoms with Gasteiger partial charge in [-0.2, -0.15) is 10.1 Å². The van der Waals surface area contributed by atoms with Crippen LogP contribution in [0.25, 0.3) is 0 Å². The average Bonchev–Trinajstić information content (AvgIpc) is 2.61. The smallest absolute Gasteiger partial charge is 0.278 e. The maximum absolute atomic E-state index is 11.9. The molecule has 25 heavy (non-hydrogen) atoms. The monoisotopic (exact) mass is 360 g/mol. The van der Waals surface area contributed by atoms with Crippen LogP contribution in [-0.4, -0.2) is 40.1 Å². The van der Waals surface area contributed by atoms with Crippen molar-refractivity contribution in [1.29, 1.82) is 0 Å². The minimum atomic E-state index is -0.421. The van der Waals surface area contributed by atoms with Crippen LogP contribution in [-0.2, 0) is 11.2 Å². The van der Waals surface area contributed by atoms with Crippen molar-refractivity contribution in [2.24, 2.45) is 5.10 Å². The van der Waals surface area contributed by atoms with E-state index in [-0.39, 0.29) is 12.4 Å². The molecular formula is C17H20N4O3S. The van der Waals surface area contributed by atoms with E-state index in [0.717, 1.165) is 11.3 Å². The summed E-state index contributed by atoms with van der Waals surface area (Å²) >= 11 is 1.41. The van der Waals surface area contributed by atoms with Gasteiger partial charge in [0.25, 0.3) is 5.91 Å². The molecular weight excluding hydrogens is 340 g/mol. The van der Waals surface area contributed by atoms with Crippen molar-refractivity contribution in [3.63, 3.8) is 0 Å². The predicted octanol–water partition coefficient (Wildman–Crippen LogP) is 2.30. The molecule has 2 N–H and O–H groups in total. The molecule has 2 aromatic rings. The Morgan fingerprint density at radius 1 is 1.40 bits per heavy atom. The van der Waals surface area contributed by atoms with Gasteiger partial charge in [0.05, 0.1) is 6.21 Å². The van der Waals surface area contributed by atoms with Crippen molar-refractivity contribution in [3.05, 3.63) is 41.1 Å². The normalized spacial score (nSPS) is 10.8. The van der Waals surface area contributed by atoms with Crippen molar-refractivity contribution >= 4 is 23.9 Å². The number of carbonyl (C=O) groups excluding carboxylic acids is 1. The Morgan fingerprint density at radius 2 is 2.16 bits per heavy atom.